The van der Waals surface area contributed by atoms with E-state index in [2.05, 4.69) is 10.3 Å². The Morgan fingerprint density at radius 3 is 2.80 bits per heavy atom. The Bertz CT molecular complexity index is 825. The molecule has 1 aliphatic rings. The molecule has 3 heterocycles. The zero-order valence-corrected chi connectivity index (χ0v) is 16.0. The summed E-state index contributed by atoms with van der Waals surface area (Å²) in [7, 11) is 1.83. The number of para-hydroxylation sites is 1. The number of benzene rings is 1. The predicted molar refractivity (Wildman–Crippen MR) is 105 cm³/mol. The van der Waals surface area contributed by atoms with E-state index in [1.54, 1.807) is 22.3 Å². The normalized spacial score (nSPS) is 16.3. The lowest BCUT2D eigenvalue weighted by Gasteiger charge is -2.22. The van der Waals surface area contributed by atoms with Gasteiger partial charge in [0.15, 0.2) is 16.5 Å². The van der Waals surface area contributed by atoms with Gasteiger partial charge in [-0.15, -0.1) is 36.2 Å². The summed E-state index contributed by atoms with van der Waals surface area (Å²) in [5.41, 5.74) is 0.950. The number of furan rings is 1. The van der Waals surface area contributed by atoms with Crippen LogP contribution in [0.15, 0.2) is 40.8 Å². The van der Waals surface area contributed by atoms with Crippen LogP contribution in [0.5, 0.6) is 0 Å². The van der Waals surface area contributed by atoms with Crippen LogP contribution in [0.2, 0.25) is 0 Å². The van der Waals surface area contributed by atoms with Crippen molar-refractivity contribution in [2.75, 3.05) is 20.1 Å². The van der Waals surface area contributed by atoms with Crippen LogP contribution in [0.1, 0.15) is 17.0 Å². The number of rotatable bonds is 3. The summed E-state index contributed by atoms with van der Waals surface area (Å²) in [6, 6.07) is 11.8. The van der Waals surface area contributed by atoms with Crippen molar-refractivity contribution in [3.8, 4) is 10.8 Å². The number of likely N-dealkylation sites (N-methyl/N-ethyl adjacent to an activating group) is 1. The molecule has 5 nitrogen and oxygen atoms in total. The molecule has 3 aromatic rings. The van der Waals surface area contributed by atoms with E-state index in [0.29, 0.717) is 11.5 Å². The summed E-state index contributed by atoms with van der Waals surface area (Å²) in [5.74, 6) is 0.937. The summed E-state index contributed by atoms with van der Waals surface area (Å²) in [4.78, 5) is 18.9. The molecule has 0 saturated carbocycles. The second-order valence-corrected chi connectivity index (χ2v) is 6.74. The summed E-state index contributed by atoms with van der Waals surface area (Å²) >= 11 is 1.57. The highest BCUT2D eigenvalue weighted by molar-refractivity contribution is 7.21. The molecule has 1 aliphatic heterocycles. The van der Waals surface area contributed by atoms with E-state index >= 15 is 0 Å². The lowest BCUT2D eigenvalue weighted by Crippen LogP contribution is -2.38. The number of nitrogens with one attached hydrogen (secondary N) is 1. The van der Waals surface area contributed by atoms with Crippen LogP contribution in [0.25, 0.3) is 21.0 Å². The number of hydrogen-bond donors (Lipinski definition) is 1. The maximum atomic E-state index is 12.5. The molecule has 1 fully saturated rings. The largest absolute Gasteiger partial charge is 0.448 e. The first-order valence-electron chi connectivity index (χ1n) is 7.66. The Morgan fingerprint density at radius 2 is 2.08 bits per heavy atom. The second kappa shape index (κ2) is 8.19. The summed E-state index contributed by atoms with van der Waals surface area (Å²) in [6.07, 6.45) is 0.980. The van der Waals surface area contributed by atoms with Gasteiger partial charge in [-0.25, -0.2) is 4.98 Å². The average molecular weight is 400 g/mol. The number of fused-ring (bicyclic) bond motifs is 1. The van der Waals surface area contributed by atoms with Crippen molar-refractivity contribution in [2.24, 2.45) is 0 Å². The minimum atomic E-state index is -0.0777. The van der Waals surface area contributed by atoms with Crippen LogP contribution in [-0.4, -0.2) is 42.0 Å². The summed E-state index contributed by atoms with van der Waals surface area (Å²) in [5, 5.41) is 4.07. The minimum Gasteiger partial charge on any atom is -0.448 e. The highest BCUT2D eigenvalue weighted by Crippen LogP contribution is 2.31. The third-order valence-corrected chi connectivity index (χ3v) is 5.27. The highest BCUT2D eigenvalue weighted by atomic mass is 35.5. The summed E-state index contributed by atoms with van der Waals surface area (Å²) in [6.45, 7) is 1.80. The summed E-state index contributed by atoms with van der Waals surface area (Å²) < 4.78 is 6.89. The maximum absolute atomic E-state index is 12.5. The quantitative estimate of drug-likeness (QED) is 0.726. The second-order valence-electron chi connectivity index (χ2n) is 5.71. The molecule has 1 aromatic carbocycles. The van der Waals surface area contributed by atoms with Gasteiger partial charge in [-0.1, -0.05) is 12.1 Å². The van der Waals surface area contributed by atoms with Gasteiger partial charge in [0.25, 0.3) is 5.91 Å². The van der Waals surface area contributed by atoms with Crippen LogP contribution < -0.4 is 5.32 Å². The molecule has 4 rings (SSSR count). The minimum absolute atomic E-state index is 0. The molecule has 1 N–H and O–H groups in total. The number of thiazole rings is 1. The van der Waals surface area contributed by atoms with Crippen molar-refractivity contribution >= 4 is 52.3 Å². The van der Waals surface area contributed by atoms with Crippen molar-refractivity contribution in [3.63, 3.8) is 0 Å². The predicted octanol–water partition coefficient (Wildman–Crippen LogP) is 3.83. The number of halogens is 2. The van der Waals surface area contributed by atoms with E-state index in [9.17, 15) is 4.79 Å². The van der Waals surface area contributed by atoms with E-state index in [1.165, 1.54) is 0 Å². The van der Waals surface area contributed by atoms with Gasteiger partial charge in [-0.05, 0) is 37.2 Å². The van der Waals surface area contributed by atoms with Gasteiger partial charge in [-0.2, -0.15) is 0 Å². The van der Waals surface area contributed by atoms with Crippen LogP contribution in [0.4, 0.5) is 0 Å². The zero-order chi connectivity index (χ0) is 15.8. The van der Waals surface area contributed by atoms with Crippen molar-refractivity contribution in [1.29, 1.82) is 0 Å². The van der Waals surface area contributed by atoms with Crippen molar-refractivity contribution in [1.82, 2.24) is 15.2 Å². The van der Waals surface area contributed by atoms with Gasteiger partial charge in [0.1, 0.15) is 0 Å². The fourth-order valence-corrected chi connectivity index (χ4v) is 3.78. The number of amides is 1. The molecule has 2 aromatic heterocycles. The van der Waals surface area contributed by atoms with Gasteiger partial charge in [0.05, 0.1) is 10.2 Å². The average Bonchev–Trinajstić information content (AvgIpc) is 3.32. The monoisotopic (exact) mass is 399 g/mol. The molecule has 0 radical (unpaired) electrons. The van der Waals surface area contributed by atoms with Gasteiger partial charge in [0, 0.05) is 19.6 Å². The van der Waals surface area contributed by atoms with Crippen LogP contribution >= 0.6 is 36.2 Å². The van der Waals surface area contributed by atoms with Crippen LogP contribution in [-0.2, 0) is 0 Å². The first kappa shape index (κ1) is 19.7. The Kier molecular flexibility index (Phi) is 6.46. The van der Waals surface area contributed by atoms with E-state index < -0.39 is 0 Å². The van der Waals surface area contributed by atoms with Crippen molar-refractivity contribution < 1.29 is 9.21 Å². The molecular weight excluding hydrogens is 381 g/mol. The molecule has 0 aliphatic carbocycles. The molecule has 1 saturated heterocycles. The van der Waals surface area contributed by atoms with Gasteiger partial charge in [-0.3, -0.25) is 4.79 Å². The molecule has 25 heavy (non-hydrogen) atoms. The van der Waals surface area contributed by atoms with Gasteiger partial charge < -0.3 is 14.6 Å². The molecule has 1 amide bonds. The third kappa shape index (κ3) is 3.82. The standard InChI is InChI=1S/C17H17N3O2S.2ClH/c1-20(11-8-9-18-10-11)17(21)14-7-6-13(22-14)16-19-12-4-2-3-5-15(12)23-16;;/h2-7,11,18H,8-10H2,1H3;2*1H. The lowest BCUT2D eigenvalue weighted by molar-refractivity contribution is 0.0712. The molecular formula is C17H19Cl2N3O2S. The fraction of sp³-hybridized carbons (Fsp3) is 0.294. The first-order valence-corrected chi connectivity index (χ1v) is 8.47. The lowest BCUT2D eigenvalue weighted by atomic mass is 10.2. The van der Waals surface area contributed by atoms with Crippen LogP contribution in [0, 0.1) is 0 Å². The molecule has 1 atom stereocenters. The molecule has 8 heteroatoms. The number of carbonyl (C=O) groups is 1. The highest BCUT2D eigenvalue weighted by Gasteiger charge is 2.26. The van der Waals surface area contributed by atoms with Gasteiger partial charge >= 0.3 is 0 Å². The Hall–Kier alpha value is -1.60. The smallest absolute Gasteiger partial charge is 0.289 e. The Morgan fingerprint density at radius 1 is 1.28 bits per heavy atom. The molecule has 1 unspecified atom stereocenters. The van der Waals surface area contributed by atoms with Gasteiger partial charge in [0.2, 0.25) is 0 Å². The van der Waals surface area contributed by atoms with Crippen molar-refractivity contribution in [3.05, 3.63) is 42.2 Å². The Balaban J connectivity index is 0.00000113. The molecule has 134 valence electrons. The van der Waals surface area contributed by atoms with Crippen molar-refractivity contribution in [2.45, 2.75) is 12.5 Å². The topological polar surface area (TPSA) is 58.4 Å². The zero-order valence-electron chi connectivity index (χ0n) is 13.6. The SMILES string of the molecule is CN(C(=O)c1ccc(-c2nc3ccccc3s2)o1)C1CCNC1.Cl.Cl. The van der Waals surface area contributed by atoms with E-state index in [0.717, 1.165) is 34.7 Å². The molecule has 0 spiro atoms. The number of aromatic nitrogens is 1. The number of hydrogen-bond acceptors (Lipinski definition) is 5. The van der Waals surface area contributed by atoms with E-state index in [4.69, 9.17) is 4.42 Å². The van der Waals surface area contributed by atoms with E-state index in [-0.39, 0.29) is 36.8 Å². The fourth-order valence-electron chi connectivity index (χ4n) is 2.85. The Labute approximate surface area is 162 Å². The number of nitrogens with zero attached hydrogens (tertiary/aromatic N) is 2. The first-order chi connectivity index (χ1) is 11.2. The number of carbonyl (C=O) groups excluding carboxylic acids is 1. The maximum Gasteiger partial charge on any atom is 0.289 e. The van der Waals surface area contributed by atoms with E-state index in [1.807, 2.05) is 37.4 Å². The third-order valence-electron chi connectivity index (χ3n) is 4.22. The van der Waals surface area contributed by atoms with Crippen LogP contribution in [0.3, 0.4) is 0 Å². The molecule has 0 bridgehead atoms.